The third-order valence-electron chi connectivity index (χ3n) is 1.84. The summed E-state index contributed by atoms with van der Waals surface area (Å²) in [4.78, 5) is 17.8. The number of carbonyl (C=O) groups is 1. The number of rotatable bonds is 6. The zero-order chi connectivity index (χ0) is 12.0. The van der Waals surface area contributed by atoms with Crippen LogP contribution in [-0.2, 0) is 9.53 Å². The number of ether oxygens (including phenoxy) is 1. The average molecular weight is 229 g/mol. The van der Waals surface area contributed by atoms with E-state index in [1.165, 1.54) is 7.11 Å². The minimum absolute atomic E-state index is 0.120. The normalized spacial score (nSPS) is 12.1. The Morgan fingerprint density at radius 2 is 2.25 bits per heavy atom. The number of nitrogens with one attached hydrogen (secondary N) is 1. The van der Waals surface area contributed by atoms with Crippen LogP contribution in [0.25, 0.3) is 0 Å². The summed E-state index contributed by atoms with van der Waals surface area (Å²) in [7, 11) is 1.42. The molecule has 1 rings (SSSR count). The van der Waals surface area contributed by atoms with E-state index in [1.54, 1.807) is 0 Å². The van der Waals surface area contributed by atoms with E-state index < -0.39 is 17.9 Å². The molecule has 88 valence electrons. The third kappa shape index (κ3) is 4.18. The van der Waals surface area contributed by atoms with E-state index in [0.717, 1.165) is 12.4 Å². The van der Waals surface area contributed by atoms with E-state index in [-0.39, 0.29) is 18.9 Å². The Morgan fingerprint density at radius 3 is 2.75 bits per heavy atom. The van der Waals surface area contributed by atoms with Crippen LogP contribution in [0.1, 0.15) is 6.42 Å². The summed E-state index contributed by atoms with van der Waals surface area (Å²) in [6, 6.07) is 0. The SMILES string of the molecule is COC(CNc1ncc(F)cn1)CC(=O)O. The topological polar surface area (TPSA) is 84.3 Å². The monoisotopic (exact) mass is 229 g/mol. The second-order valence-corrected chi connectivity index (χ2v) is 3.06. The predicted molar refractivity (Wildman–Crippen MR) is 53.5 cm³/mol. The number of anilines is 1. The van der Waals surface area contributed by atoms with Crippen LogP contribution in [0.3, 0.4) is 0 Å². The van der Waals surface area contributed by atoms with Gasteiger partial charge in [-0.2, -0.15) is 0 Å². The largest absolute Gasteiger partial charge is 0.481 e. The molecular formula is C9H12FN3O3. The molecule has 1 aromatic rings. The molecule has 0 fully saturated rings. The van der Waals surface area contributed by atoms with E-state index in [1.807, 2.05) is 0 Å². The first-order chi connectivity index (χ1) is 7.61. The van der Waals surface area contributed by atoms with Crippen LogP contribution in [0.2, 0.25) is 0 Å². The number of methoxy groups -OCH3 is 1. The average Bonchev–Trinajstić information content (AvgIpc) is 2.26. The molecule has 2 N–H and O–H groups in total. The molecule has 0 aliphatic rings. The highest BCUT2D eigenvalue weighted by Gasteiger charge is 2.12. The zero-order valence-electron chi connectivity index (χ0n) is 8.68. The number of carboxylic acid groups (broad SMARTS) is 1. The van der Waals surface area contributed by atoms with Gasteiger partial charge in [0.25, 0.3) is 0 Å². The first-order valence-electron chi connectivity index (χ1n) is 4.58. The second-order valence-electron chi connectivity index (χ2n) is 3.06. The fraction of sp³-hybridized carbons (Fsp3) is 0.444. The summed E-state index contributed by atoms with van der Waals surface area (Å²) < 4.78 is 17.4. The maximum Gasteiger partial charge on any atom is 0.306 e. The van der Waals surface area contributed by atoms with Crippen LogP contribution in [-0.4, -0.2) is 40.8 Å². The predicted octanol–water partition coefficient (Wildman–Crippen LogP) is 0.517. The highest BCUT2D eigenvalue weighted by Crippen LogP contribution is 2.01. The lowest BCUT2D eigenvalue weighted by atomic mass is 10.2. The highest BCUT2D eigenvalue weighted by atomic mass is 19.1. The molecule has 0 radical (unpaired) electrons. The minimum atomic E-state index is -0.950. The fourth-order valence-corrected chi connectivity index (χ4v) is 1.04. The molecule has 0 saturated carbocycles. The summed E-state index contributed by atoms with van der Waals surface area (Å²) in [6.45, 7) is 0.244. The Hall–Kier alpha value is -1.76. The van der Waals surface area contributed by atoms with Gasteiger partial charge in [0, 0.05) is 13.7 Å². The number of hydrogen-bond acceptors (Lipinski definition) is 5. The molecule has 0 saturated heterocycles. The van der Waals surface area contributed by atoms with Crippen LogP contribution in [0.5, 0.6) is 0 Å². The van der Waals surface area contributed by atoms with Crippen molar-refractivity contribution in [2.24, 2.45) is 0 Å². The Kier molecular flexibility index (Phi) is 4.59. The van der Waals surface area contributed by atoms with Crippen LogP contribution in [0, 0.1) is 5.82 Å². The second kappa shape index (κ2) is 5.96. The smallest absolute Gasteiger partial charge is 0.306 e. The molecule has 1 heterocycles. The van der Waals surface area contributed by atoms with Gasteiger partial charge in [-0.3, -0.25) is 4.79 Å². The van der Waals surface area contributed by atoms with Crippen LogP contribution < -0.4 is 5.32 Å². The Labute approximate surface area is 91.5 Å². The maximum absolute atomic E-state index is 12.5. The summed E-state index contributed by atoms with van der Waals surface area (Å²) in [5.74, 6) is -1.25. The number of aliphatic carboxylic acids is 1. The Balaban J connectivity index is 2.43. The summed E-state index contributed by atoms with van der Waals surface area (Å²) in [5.41, 5.74) is 0. The molecule has 0 amide bonds. The van der Waals surface area contributed by atoms with Crippen LogP contribution >= 0.6 is 0 Å². The molecule has 1 aromatic heterocycles. The Morgan fingerprint density at radius 1 is 1.62 bits per heavy atom. The molecule has 0 bridgehead atoms. The van der Waals surface area contributed by atoms with Crippen molar-refractivity contribution in [3.05, 3.63) is 18.2 Å². The molecule has 1 atom stereocenters. The Bertz CT molecular complexity index is 344. The minimum Gasteiger partial charge on any atom is -0.481 e. The summed E-state index contributed by atoms with van der Waals surface area (Å²) in [6.07, 6.45) is 1.44. The lowest BCUT2D eigenvalue weighted by Gasteiger charge is -2.13. The van der Waals surface area contributed by atoms with E-state index >= 15 is 0 Å². The van der Waals surface area contributed by atoms with Crippen molar-refractivity contribution < 1.29 is 19.0 Å². The van der Waals surface area contributed by atoms with Crippen LogP contribution in [0.4, 0.5) is 10.3 Å². The standard InChI is InChI=1S/C9H12FN3O3/c1-16-7(2-8(14)15)5-13-9-11-3-6(10)4-12-9/h3-4,7H,2,5H2,1H3,(H,14,15)(H,11,12,13). The highest BCUT2D eigenvalue weighted by molar-refractivity contribution is 5.67. The van der Waals surface area contributed by atoms with E-state index in [0.29, 0.717) is 0 Å². The van der Waals surface area contributed by atoms with Crippen molar-refractivity contribution in [3.63, 3.8) is 0 Å². The number of aromatic nitrogens is 2. The zero-order valence-corrected chi connectivity index (χ0v) is 8.68. The quantitative estimate of drug-likeness (QED) is 0.739. The van der Waals surface area contributed by atoms with Gasteiger partial charge in [-0.1, -0.05) is 0 Å². The first-order valence-corrected chi connectivity index (χ1v) is 4.58. The van der Waals surface area contributed by atoms with Gasteiger partial charge in [-0.15, -0.1) is 0 Å². The molecule has 7 heteroatoms. The van der Waals surface area contributed by atoms with Gasteiger partial charge in [-0.05, 0) is 0 Å². The molecule has 16 heavy (non-hydrogen) atoms. The van der Waals surface area contributed by atoms with Crippen molar-refractivity contribution in [3.8, 4) is 0 Å². The van der Waals surface area contributed by atoms with Gasteiger partial charge >= 0.3 is 5.97 Å². The third-order valence-corrected chi connectivity index (χ3v) is 1.84. The lowest BCUT2D eigenvalue weighted by molar-refractivity contribution is -0.139. The molecule has 6 nitrogen and oxygen atoms in total. The molecule has 0 aromatic carbocycles. The molecule has 0 spiro atoms. The van der Waals surface area contributed by atoms with Gasteiger partial charge in [0.05, 0.1) is 24.9 Å². The lowest BCUT2D eigenvalue weighted by Crippen LogP contribution is -2.25. The van der Waals surface area contributed by atoms with Gasteiger partial charge in [0.15, 0.2) is 5.82 Å². The van der Waals surface area contributed by atoms with Crippen molar-refractivity contribution in [1.29, 1.82) is 0 Å². The van der Waals surface area contributed by atoms with E-state index in [4.69, 9.17) is 9.84 Å². The number of carboxylic acids is 1. The number of nitrogens with zero attached hydrogens (tertiary/aromatic N) is 2. The first kappa shape index (κ1) is 12.3. The van der Waals surface area contributed by atoms with Gasteiger partial charge in [-0.25, -0.2) is 14.4 Å². The summed E-state index contributed by atoms with van der Waals surface area (Å²) >= 11 is 0. The van der Waals surface area contributed by atoms with Crippen molar-refractivity contribution >= 4 is 11.9 Å². The number of halogens is 1. The van der Waals surface area contributed by atoms with Gasteiger partial charge < -0.3 is 15.2 Å². The van der Waals surface area contributed by atoms with E-state index in [9.17, 15) is 9.18 Å². The maximum atomic E-state index is 12.5. The van der Waals surface area contributed by atoms with Gasteiger partial charge in [0.2, 0.25) is 5.95 Å². The molecular weight excluding hydrogens is 217 g/mol. The van der Waals surface area contributed by atoms with Crippen molar-refractivity contribution in [2.75, 3.05) is 19.0 Å². The molecule has 0 aliphatic heterocycles. The fourth-order valence-electron chi connectivity index (χ4n) is 1.04. The molecule has 0 aliphatic carbocycles. The van der Waals surface area contributed by atoms with E-state index in [2.05, 4.69) is 15.3 Å². The number of hydrogen-bond donors (Lipinski definition) is 2. The van der Waals surface area contributed by atoms with Crippen molar-refractivity contribution in [1.82, 2.24) is 9.97 Å². The van der Waals surface area contributed by atoms with Gasteiger partial charge in [0.1, 0.15) is 0 Å². The van der Waals surface area contributed by atoms with Crippen LogP contribution in [0.15, 0.2) is 12.4 Å². The van der Waals surface area contributed by atoms with Crippen molar-refractivity contribution in [2.45, 2.75) is 12.5 Å². The summed E-state index contributed by atoms with van der Waals surface area (Å²) in [5, 5.41) is 11.3. The molecule has 1 unspecified atom stereocenters.